The van der Waals surface area contributed by atoms with Crippen molar-refractivity contribution < 1.29 is 4.42 Å². The van der Waals surface area contributed by atoms with Crippen molar-refractivity contribution in [2.24, 2.45) is 0 Å². The molecule has 0 N–H and O–H groups in total. The van der Waals surface area contributed by atoms with Gasteiger partial charge in [-0.2, -0.15) is 0 Å². The Labute approximate surface area is 875 Å². The molecule has 0 aliphatic rings. The van der Waals surface area contributed by atoms with Crippen LogP contribution in [-0.4, -0.2) is 48.2 Å². The highest BCUT2D eigenvalue weighted by Gasteiger charge is 2.34. The van der Waals surface area contributed by atoms with E-state index in [1.54, 1.807) is 11.3 Å². The number of aromatic nitrogens is 10. The molecule has 0 fully saturated rings. The number of thiophene rings is 3. The highest BCUT2D eigenvalue weighted by molar-refractivity contribution is 7.28. The largest absolute Gasteiger partial charge is 0.453 e. The normalized spacial score (nSPS) is 12.1. The molecule has 0 atom stereocenters. The SMILES string of the molecule is Clc1nc2c(-c3ccccc3)c(-c3ccccc3)sc2nc1-n1c2ccc3ccccc3c2c2c3ccccc3c3c4ccc5ccccc5c4sc3c21.Clc1nc2c(nc1-n1c3ccccc3c3c4ccccc4c4c5ccc6ccccc6c5sc4c31)c(-c1ccccc1)c(-c1ccccc1)n2-c1ccccc1.Clc1nc2ccccc2nc1-n1c2ccccc2c2c3ccccc3c3c4ccc5ccccc5c4oc3c21. The molecule has 0 amide bonds. The third kappa shape index (κ3) is 12.8. The summed E-state index contributed by atoms with van der Waals surface area (Å²) >= 11 is 27.3. The van der Waals surface area contributed by atoms with Crippen molar-refractivity contribution in [3.8, 4) is 67.1 Å². The van der Waals surface area contributed by atoms with Gasteiger partial charge in [-0.15, -0.1) is 34.0 Å². The Kier molecular flexibility index (Phi) is 19.3. The van der Waals surface area contributed by atoms with Gasteiger partial charge < -0.3 is 4.42 Å². The van der Waals surface area contributed by atoms with E-state index in [9.17, 15) is 0 Å². The van der Waals surface area contributed by atoms with Gasteiger partial charge in [0.05, 0.1) is 59.2 Å². The van der Waals surface area contributed by atoms with Crippen LogP contribution in [0.4, 0.5) is 0 Å². The summed E-state index contributed by atoms with van der Waals surface area (Å²) in [6.07, 6.45) is 0. The van der Waals surface area contributed by atoms with Gasteiger partial charge in [0.1, 0.15) is 21.4 Å². The van der Waals surface area contributed by atoms with Crippen molar-refractivity contribution in [2.75, 3.05) is 0 Å². The van der Waals surface area contributed by atoms with Crippen molar-refractivity contribution >= 4 is 304 Å². The van der Waals surface area contributed by atoms with E-state index in [1.807, 2.05) is 65.1 Å². The molecule has 0 saturated carbocycles. The van der Waals surface area contributed by atoms with E-state index in [0.717, 1.165) is 169 Å². The number of para-hydroxylation sites is 5. The van der Waals surface area contributed by atoms with Crippen molar-refractivity contribution in [1.29, 1.82) is 0 Å². The highest BCUT2D eigenvalue weighted by atomic mass is 35.5. The topological polar surface area (TPSA) is 110 Å². The minimum absolute atomic E-state index is 0.335. The van der Waals surface area contributed by atoms with E-state index >= 15 is 0 Å². The van der Waals surface area contributed by atoms with Crippen molar-refractivity contribution in [2.45, 2.75) is 0 Å². The first-order chi connectivity index (χ1) is 73.7. The van der Waals surface area contributed by atoms with Crippen molar-refractivity contribution in [3.63, 3.8) is 0 Å². The zero-order valence-electron chi connectivity index (χ0n) is 78.9. The van der Waals surface area contributed by atoms with Crippen LogP contribution in [0.5, 0.6) is 0 Å². The predicted molar refractivity (Wildman–Crippen MR) is 631 cm³/mol. The van der Waals surface area contributed by atoms with Gasteiger partial charge in [-0.1, -0.05) is 429 Å². The number of hydrogen-bond acceptors (Lipinski definition) is 10. The molecule has 11 aromatic heterocycles. The second-order valence-corrected chi connectivity index (χ2v) is 42.0. The Morgan fingerprint density at radius 2 is 0.604 bits per heavy atom. The van der Waals surface area contributed by atoms with Crippen LogP contribution in [0.25, 0.3) is 303 Å². The Hall–Kier alpha value is -17.8. The van der Waals surface area contributed by atoms with E-state index in [0.29, 0.717) is 38.6 Å². The second-order valence-electron chi connectivity index (χ2n) is 37.9. The minimum Gasteiger partial charge on any atom is -0.453 e. The third-order valence-corrected chi connectivity index (χ3v) is 34.3. The zero-order chi connectivity index (χ0) is 98.1. The van der Waals surface area contributed by atoms with E-state index < -0.39 is 0 Å². The maximum absolute atomic E-state index is 7.53. The highest BCUT2D eigenvalue weighted by Crippen LogP contribution is 2.57. The summed E-state index contributed by atoms with van der Waals surface area (Å²) in [5.74, 6) is 1.83. The lowest BCUT2D eigenvalue weighted by Gasteiger charge is -2.13. The predicted octanol–water partition coefficient (Wildman–Crippen LogP) is 38.4. The van der Waals surface area contributed by atoms with Gasteiger partial charge in [-0.3, -0.25) is 18.3 Å². The lowest BCUT2D eigenvalue weighted by molar-refractivity contribution is 0.675. The van der Waals surface area contributed by atoms with Gasteiger partial charge in [-0.25, -0.2) is 29.9 Å². The number of nitrogens with zero attached hydrogens (tertiary/aromatic N) is 10. The maximum atomic E-state index is 7.53. The molecule has 22 aromatic carbocycles. The number of rotatable bonds is 8. The van der Waals surface area contributed by atoms with E-state index in [4.69, 9.17) is 69.1 Å². The molecule has 0 unspecified atom stereocenters. The molecule has 0 radical (unpaired) electrons. The van der Waals surface area contributed by atoms with Crippen LogP contribution < -0.4 is 0 Å². The molecular weight excluding hydrogens is 1940 g/mol. The number of benzene rings is 22. The van der Waals surface area contributed by atoms with Crippen molar-refractivity contribution in [1.82, 2.24) is 48.2 Å². The molecule has 33 aromatic rings. The zero-order valence-corrected chi connectivity index (χ0v) is 83.6. The van der Waals surface area contributed by atoms with Gasteiger partial charge in [0.15, 0.2) is 44.1 Å². The van der Waals surface area contributed by atoms with E-state index in [1.165, 1.54) is 110 Å². The van der Waals surface area contributed by atoms with Gasteiger partial charge in [0, 0.05) is 101 Å². The summed E-state index contributed by atoms with van der Waals surface area (Å²) in [6.45, 7) is 0. The molecule has 0 aliphatic heterocycles. The molecule has 11 heterocycles. The number of fused-ring (bicyclic) bond motifs is 41. The summed E-state index contributed by atoms with van der Waals surface area (Å²) in [4.78, 5) is 33.5. The Morgan fingerprint density at radius 3 is 1.18 bits per heavy atom. The molecule has 11 nitrogen and oxygen atoms in total. The number of hydrogen-bond donors (Lipinski definition) is 0. The maximum Gasteiger partial charge on any atom is 0.177 e. The fourth-order valence-electron chi connectivity index (χ4n) is 23.8. The summed E-state index contributed by atoms with van der Waals surface area (Å²) < 4.78 is 20.8. The smallest absolute Gasteiger partial charge is 0.177 e. The minimum atomic E-state index is 0.335. The summed E-state index contributed by atoms with van der Waals surface area (Å²) in [7, 11) is 0. The first-order valence-corrected chi connectivity index (χ1v) is 53.1. The molecule has 0 aliphatic carbocycles. The Morgan fingerprint density at radius 1 is 0.215 bits per heavy atom. The van der Waals surface area contributed by atoms with E-state index in [2.05, 4.69) is 419 Å². The molecule has 0 spiro atoms. The fraction of sp³-hybridized carbons (Fsp3) is 0. The lowest BCUT2D eigenvalue weighted by atomic mass is 9.96. The van der Waals surface area contributed by atoms with Crippen LogP contribution in [0, 0.1) is 0 Å². The first-order valence-electron chi connectivity index (χ1n) is 49.5. The molecule has 149 heavy (non-hydrogen) atoms. The summed E-state index contributed by atoms with van der Waals surface area (Å²) in [5, 5.41) is 32.1. The average molecular weight is 2020 g/mol. The standard InChI is InChI=1S/C50H29ClN4S.C48H26ClN3S2.C34H18ClN3O/c51-48-50(52-43-40(31-17-4-1-5-18-31)44(32-19-6-2-7-20-32)54(49(43)53-48)33-21-8-3-9-22-33)55-39-27-15-14-26-37(39)41-35-24-12-13-25-36(35)42-38-29-28-30-16-10-11-23-34(30)46(38)56-47(42)45(41)55;49-46-47(51-48-41(50-46)37(29-15-3-1-4-16-29)43(54-48)30-17-5-2-6-18-30)52-36-26-24-27-13-7-9-19-31(27)39(36)40-34-22-12-11-21-33(34)38-35-25-23-28-14-8-10-20-32(28)44(35)53-45(38)42(40)52;35-33-34(37-26-15-7-6-14-25(26)36-33)38-27-16-8-5-13-23(27)28-21-11-3-4-12-22(21)29-24-18-17-19-9-1-2-10-20(19)31(24)39-32(29)30(28)38/h1-29H;1-26H;1-18H. The average Bonchev–Trinajstić information content (AvgIpc) is 1.51. The molecule has 696 valence electrons. The molecule has 0 bridgehead atoms. The van der Waals surface area contributed by atoms with E-state index in [-0.39, 0.29) is 0 Å². The molecular formula is C132H73Cl3N10OS3. The Balaban J connectivity index is 0.000000102. The molecule has 0 saturated heterocycles. The van der Waals surface area contributed by atoms with Crippen LogP contribution in [-0.2, 0) is 0 Å². The van der Waals surface area contributed by atoms with Gasteiger partial charge >= 0.3 is 0 Å². The Bertz CT molecular complexity index is 11500. The van der Waals surface area contributed by atoms with Crippen LogP contribution in [0.1, 0.15) is 0 Å². The molecule has 33 rings (SSSR count). The van der Waals surface area contributed by atoms with Gasteiger partial charge in [0.2, 0.25) is 0 Å². The fourth-order valence-corrected chi connectivity index (χ4v) is 28.3. The number of halogens is 3. The summed E-state index contributed by atoms with van der Waals surface area (Å²) in [6, 6.07) is 156. The second kappa shape index (κ2) is 33.6. The van der Waals surface area contributed by atoms with Crippen LogP contribution in [0.2, 0.25) is 15.5 Å². The third-order valence-electron chi connectivity index (χ3n) is 30.0. The first kappa shape index (κ1) is 85.6. The van der Waals surface area contributed by atoms with Gasteiger partial charge in [0.25, 0.3) is 0 Å². The number of furan rings is 1. The van der Waals surface area contributed by atoms with Crippen LogP contribution in [0.15, 0.2) is 447 Å². The van der Waals surface area contributed by atoms with Crippen LogP contribution in [0.3, 0.4) is 0 Å². The quantitative estimate of drug-likeness (QED) is 0.149. The lowest BCUT2D eigenvalue weighted by Crippen LogP contribution is -2.03. The summed E-state index contributed by atoms with van der Waals surface area (Å²) in [5.41, 5.74) is 20.2. The van der Waals surface area contributed by atoms with Gasteiger partial charge in [-0.05, 0) is 141 Å². The van der Waals surface area contributed by atoms with Crippen LogP contribution >= 0.6 is 68.8 Å². The molecule has 17 heteroatoms. The monoisotopic (exact) mass is 2010 g/mol. The van der Waals surface area contributed by atoms with Crippen molar-refractivity contribution in [3.05, 3.63) is 458 Å².